The van der Waals surface area contributed by atoms with Crippen molar-refractivity contribution in [2.45, 2.75) is 26.3 Å². The quantitative estimate of drug-likeness (QED) is 0.787. The molecule has 0 radical (unpaired) electrons. The summed E-state index contributed by atoms with van der Waals surface area (Å²) in [6.07, 6.45) is -0.0431. The predicted octanol–water partition coefficient (Wildman–Crippen LogP) is 1.12. The lowest BCUT2D eigenvalue weighted by molar-refractivity contribution is -0.141. The number of para-hydroxylation sites is 1. The van der Waals surface area contributed by atoms with E-state index in [4.69, 9.17) is 9.84 Å². The van der Waals surface area contributed by atoms with Crippen molar-refractivity contribution in [3.63, 3.8) is 0 Å². The molecule has 0 heterocycles. The number of aryl methyl sites for hydroxylation is 2. The number of methoxy groups -OCH3 is 1. The first kappa shape index (κ1) is 17.1. The smallest absolute Gasteiger partial charge is 0.326 e. The standard InChI is InChI=1S/C15H21NO5/c1-10-5-4-6-11(2)14(10)16(13(18)9-21-3)12(7-8-17)15(19)20/h4-6,12,17H,7-9H2,1-3H3,(H,19,20)/t12-/m0/s1. The monoisotopic (exact) mass is 295 g/mol. The zero-order valence-electron chi connectivity index (χ0n) is 12.5. The molecule has 116 valence electrons. The van der Waals surface area contributed by atoms with E-state index in [1.165, 1.54) is 12.0 Å². The van der Waals surface area contributed by atoms with Crippen LogP contribution in [0.3, 0.4) is 0 Å². The Morgan fingerprint density at radius 2 is 1.86 bits per heavy atom. The van der Waals surface area contributed by atoms with Crippen molar-refractivity contribution in [3.8, 4) is 0 Å². The molecule has 1 aromatic rings. The van der Waals surface area contributed by atoms with Gasteiger partial charge in [0.2, 0.25) is 0 Å². The van der Waals surface area contributed by atoms with Gasteiger partial charge in [-0.2, -0.15) is 0 Å². The fraction of sp³-hybridized carbons (Fsp3) is 0.467. The van der Waals surface area contributed by atoms with Gasteiger partial charge in [-0.1, -0.05) is 18.2 Å². The van der Waals surface area contributed by atoms with E-state index in [0.717, 1.165) is 11.1 Å². The maximum atomic E-state index is 12.3. The number of ether oxygens (including phenoxy) is 1. The average molecular weight is 295 g/mol. The molecule has 0 saturated heterocycles. The lowest BCUT2D eigenvalue weighted by Crippen LogP contribution is -2.48. The van der Waals surface area contributed by atoms with E-state index in [-0.39, 0.29) is 19.6 Å². The van der Waals surface area contributed by atoms with E-state index in [2.05, 4.69) is 0 Å². The number of benzene rings is 1. The number of aliphatic hydroxyl groups is 1. The highest BCUT2D eigenvalue weighted by atomic mass is 16.5. The number of aliphatic hydroxyl groups excluding tert-OH is 1. The van der Waals surface area contributed by atoms with Gasteiger partial charge in [0, 0.05) is 20.1 Å². The van der Waals surface area contributed by atoms with Gasteiger partial charge in [-0.25, -0.2) is 4.79 Å². The molecule has 0 saturated carbocycles. The maximum Gasteiger partial charge on any atom is 0.326 e. The molecular weight excluding hydrogens is 274 g/mol. The zero-order chi connectivity index (χ0) is 16.0. The van der Waals surface area contributed by atoms with Gasteiger partial charge < -0.3 is 14.9 Å². The summed E-state index contributed by atoms with van der Waals surface area (Å²) in [4.78, 5) is 25.0. The Bertz CT molecular complexity index is 495. The van der Waals surface area contributed by atoms with Gasteiger partial charge in [-0.05, 0) is 25.0 Å². The van der Waals surface area contributed by atoms with Crippen LogP contribution >= 0.6 is 0 Å². The fourth-order valence-corrected chi connectivity index (χ4v) is 2.32. The summed E-state index contributed by atoms with van der Waals surface area (Å²) in [5.74, 6) is -1.60. The minimum absolute atomic E-state index is 0.0431. The van der Waals surface area contributed by atoms with E-state index < -0.39 is 17.9 Å². The summed E-state index contributed by atoms with van der Waals surface area (Å²) >= 11 is 0. The molecule has 0 unspecified atom stereocenters. The van der Waals surface area contributed by atoms with Crippen LogP contribution in [0.5, 0.6) is 0 Å². The van der Waals surface area contributed by atoms with Crippen LogP contribution in [-0.4, -0.2) is 48.5 Å². The van der Waals surface area contributed by atoms with Crippen LogP contribution in [0.4, 0.5) is 5.69 Å². The lowest BCUT2D eigenvalue weighted by Gasteiger charge is -2.31. The summed E-state index contributed by atoms with van der Waals surface area (Å²) in [7, 11) is 1.38. The number of anilines is 1. The largest absolute Gasteiger partial charge is 0.480 e. The molecule has 1 aromatic carbocycles. The van der Waals surface area contributed by atoms with E-state index in [0.29, 0.717) is 5.69 Å². The number of carboxylic acids is 1. The first-order valence-electron chi connectivity index (χ1n) is 6.64. The highest BCUT2D eigenvalue weighted by Gasteiger charge is 2.32. The van der Waals surface area contributed by atoms with E-state index in [1.54, 1.807) is 0 Å². The maximum absolute atomic E-state index is 12.3. The summed E-state index contributed by atoms with van der Waals surface area (Å²) in [5, 5.41) is 18.5. The minimum atomic E-state index is -1.16. The van der Waals surface area contributed by atoms with Crippen molar-refractivity contribution in [1.29, 1.82) is 0 Å². The van der Waals surface area contributed by atoms with Gasteiger partial charge in [0.05, 0.1) is 5.69 Å². The second-order valence-electron chi connectivity index (χ2n) is 4.80. The van der Waals surface area contributed by atoms with Crippen LogP contribution in [-0.2, 0) is 14.3 Å². The van der Waals surface area contributed by atoms with Crippen molar-refractivity contribution in [2.24, 2.45) is 0 Å². The predicted molar refractivity (Wildman–Crippen MR) is 78.4 cm³/mol. The molecule has 1 amide bonds. The third-order valence-corrected chi connectivity index (χ3v) is 3.22. The van der Waals surface area contributed by atoms with Gasteiger partial charge in [0.1, 0.15) is 12.6 Å². The van der Waals surface area contributed by atoms with Crippen molar-refractivity contribution < 1.29 is 24.5 Å². The molecule has 6 nitrogen and oxygen atoms in total. The van der Waals surface area contributed by atoms with E-state index >= 15 is 0 Å². The van der Waals surface area contributed by atoms with Crippen LogP contribution in [0, 0.1) is 13.8 Å². The van der Waals surface area contributed by atoms with Crippen molar-refractivity contribution in [3.05, 3.63) is 29.3 Å². The Morgan fingerprint density at radius 3 is 2.29 bits per heavy atom. The molecule has 1 atom stereocenters. The highest BCUT2D eigenvalue weighted by molar-refractivity contribution is 6.01. The Kier molecular flexibility index (Phi) is 6.33. The summed E-state index contributed by atoms with van der Waals surface area (Å²) in [5.41, 5.74) is 2.15. The van der Waals surface area contributed by atoms with Crippen LogP contribution in [0.1, 0.15) is 17.5 Å². The molecule has 0 fully saturated rings. The third kappa shape index (κ3) is 4.03. The first-order valence-corrected chi connectivity index (χ1v) is 6.64. The van der Waals surface area contributed by atoms with Gasteiger partial charge in [0.25, 0.3) is 5.91 Å². The number of hydrogen-bond acceptors (Lipinski definition) is 4. The number of carbonyl (C=O) groups is 2. The zero-order valence-corrected chi connectivity index (χ0v) is 12.5. The number of nitrogens with zero attached hydrogens (tertiary/aromatic N) is 1. The Hall–Kier alpha value is -1.92. The normalized spacial score (nSPS) is 12.0. The molecule has 0 aliphatic rings. The molecule has 0 aromatic heterocycles. The minimum Gasteiger partial charge on any atom is -0.480 e. The van der Waals surface area contributed by atoms with Crippen molar-refractivity contribution >= 4 is 17.6 Å². The molecular formula is C15H21NO5. The van der Waals surface area contributed by atoms with Crippen LogP contribution < -0.4 is 4.90 Å². The second-order valence-corrected chi connectivity index (χ2v) is 4.80. The summed E-state index contributed by atoms with van der Waals surface area (Å²) < 4.78 is 4.85. The number of carbonyl (C=O) groups excluding carboxylic acids is 1. The van der Waals surface area contributed by atoms with E-state index in [1.807, 2.05) is 32.0 Å². The molecule has 0 spiro atoms. The number of hydrogen-bond donors (Lipinski definition) is 2. The average Bonchev–Trinajstić information content (AvgIpc) is 2.41. The molecule has 0 bridgehead atoms. The highest BCUT2D eigenvalue weighted by Crippen LogP contribution is 2.27. The van der Waals surface area contributed by atoms with Crippen molar-refractivity contribution in [1.82, 2.24) is 0 Å². The second kappa shape index (κ2) is 7.75. The molecule has 0 aliphatic carbocycles. The lowest BCUT2D eigenvalue weighted by atomic mass is 10.0. The fourth-order valence-electron chi connectivity index (χ4n) is 2.32. The topological polar surface area (TPSA) is 87.1 Å². The molecule has 0 aliphatic heterocycles. The van der Waals surface area contributed by atoms with Gasteiger partial charge in [-0.3, -0.25) is 9.69 Å². The molecule has 1 rings (SSSR count). The molecule has 21 heavy (non-hydrogen) atoms. The Morgan fingerprint density at radius 1 is 1.29 bits per heavy atom. The van der Waals surface area contributed by atoms with E-state index in [9.17, 15) is 14.7 Å². The Balaban J connectivity index is 3.37. The SMILES string of the molecule is COCC(=O)N(c1c(C)cccc1C)[C@@H](CCO)C(=O)O. The summed E-state index contributed by atoms with van der Waals surface area (Å²) in [6.45, 7) is 3.09. The van der Waals surface area contributed by atoms with Crippen LogP contribution in [0.15, 0.2) is 18.2 Å². The van der Waals surface area contributed by atoms with Gasteiger partial charge >= 0.3 is 5.97 Å². The molecule has 6 heteroatoms. The number of carboxylic acid groups (broad SMARTS) is 1. The molecule has 2 N–H and O–H groups in total. The van der Waals surface area contributed by atoms with Crippen LogP contribution in [0.2, 0.25) is 0 Å². The number of aliphatic carboxylic acids is 1. The Labute approximate surface area is 124 Å². The van der Waals surface area contributed by atoms with Crippen molar-refractivity contribution in [2.75, 3.05) is 25.2 Å². The van der Waals surface area contributed by atoms with Gasteiger partial charge in [-0.15, -0.1) is 0 Å². The third-order valence-electron chi connectivity index (χ3n) is 3.22. The summed E-state index contributed by atoms with van der Waals surface area (Å²) in [6, 6.07) is 4.34. The van der Waals surface area contributed by atoms with Crippen LogP contribution in [0.25, 0.3) is 0 Å². The van der Waals surface area contributed by atoms with Gasteiger partial charge in [0.15, 0.2) is 0 Å². The first-order chi connectivity index (χ1) is 9.93. The number of amides is 1. The number of rotatable bonds is 7.